The van der Waals surface area contributed by atoms with Gasteiger partial charge in [0.05, 0.1) is 0 Å². The van der Waals surface area contributed by atoms with Crippen LogP contribution in [0.1, 0.15) is 25.8 Å². The van der Waals surface area contributed by atoms with E-state index in [2.05, 4.69) is 41.6 Å². The first-order valence-corrected chi connectivity index (χ1v) is 9.03. The van der Waals surface area contributed by atoms with Crippen LogP contribution in [0, 0.1) is 17.3 Å². The van der Waals surface area contributed by atoms with Gasteiger partial charge in [-0.15, -0.1) is 0 Å². The number of aromatic nitrogens is 1. The summed E-state index contributed by atoms with van der Waals surface area (Å²) in [4.78, 5) is 6.73. The third-order valence-corrected chi connectivity index (χ3v) is 4.90. The summed E-state index contributed by atoms with van der Waals surface area (Å²) in [6.07, 6.45) is 4.78. The highest BCUT2D eigenvalue weighted by Gasteiger charge is 2.31. The van der Waals surface area contributed by atoms with E-state index < -0.39 is 0 Å². The van der Waals surface area contributed by atoms with Crippen LogP contribution in [0.5, 0.6) is 0 Å². The lowest BCUT2D eigenvalue weighted by Gasteiger charge is -2.40. The molecule has 2 aromatic rings. The van der Waals surface area contributed by atoms with E-state index in [-0.39, 0.29) is 5.41 Å². The average molecular weight is 371 g/mol. The second-order valence-corrected chi connectivity index (χ2v) is 7.71. The highest BCUT2D eigenvalue weighted by molar-refractivity contribution is 6.31. The Morgan fingerprint density at radius 3 is 2.68 bits per heavy atom. The van der Waals surface area contributed by atoms with Crippen molar-refractivity contribution in [3.63, 3.8) is 0 Å². The second kappa shape index (κ2) is 7.52. The van der Waals surface area contributed by atoms with E-state index in [0.717, 1.165) is 35.9 Å². The van der Waals surface area contributed by atoms with Gasteiger partial charge in [-0.1, -0.05) is 60.5 Å². The fraction of sp³-hybridized carbons (Fsp3) is 0.286. The van der Waals surface area contributed by atoms with Crippen molar-refractivity contribution in [3.05, 3.63) is 69.9 Å². The fourth-order valence-electron chi connectivity index (χ4n) is 3.05. The maximum atomic E-state index is 6.10. The molecule has 0 N–H and O–H groups in total. The zero-order chi connectivity index (χ0) is 17.9. The van der Waals surface area contributed by atoms with E-state index in [9.17, 15) is 0 Å². The molecule has 4 heteroatoms. The quantitative estimate of drug-likeness (QED) is 0.607. The zero-order valence-corrected chi connectivity index (χ0v) is 15.9. The summed E-state index contributed by atoms with van der Waals surface area (Å²) in [5.74, 6) is 7.29. The number of piperidine rings is 1. The summed E-state index contributed by atoms with van der Waals surface area (Å²) >= 11 is 12.1. The molecule has 25 heavy (non-hydrogen) atoms. The summed E-state index contributed by atoms with van der Waals surface area (Å²) in [5, 5.41) is 1.43. The Morgan fingerprint density at radius 1 is 1.16 bits per heavy atom. The Kier molecular flexibility index (Phi) is 5.37. The van der Waals surface area contributed by atoms with Gasteiger partial charge in [0.15, 0.2) is 0 Å². The molecule has 0 unspecified atom stereocenters. The van der Waals surface area contributed by atoms with Gasteiger partial charge >= 0.3 is 0 Å². The van der Waals surface area contributed by atoms with Gasteiger partial charge in [0, 0.05) is 40.3 Å². The molecule has 1 fully saturated rings. The van der Waals surface area contributed by atoms with E-state index in [0.29, 0.717) is 5.02 Å². The van der Waals surface area contributed by atoms with Gasteiger partial charge in [0.2, 0.25) is 0 Å². The van der Waals surface area contributed by atoms with Crippen LogP contribution in [0.25, 0.3) is 0 Å². The SMILES string of the molecule is CC1(C)CN(c2cc(Cl)ccn2)CC/C1=C\C#Cc1cccc(Cl)c1. The fourth-order valence-corrected chi connectivity index (χ4v) is 3.40. The first kappa shape index (κ1) is 17.9. The van der Waals surface area contributed by atoms with Gasteiger partial charge in [-0.2, -0.15) is 0 Å². The molecule has 2 nitrogen and oxygen atoms in total. The maximum absolute atomic E-state index is 6.10. The minimum Gasteiger partial charge on any atom is -0.355 e. The maximum Gasteiger partial charge on any atom is 0.129 e. The molecule has 3 rings (SSSR count). The Balaban J connectivity index is 1.75. The van der Waals surface area contributed by atoms with Crippen LogP contribution in [0.15, 0.2) is 54.2 Å². The van der Waals surface area contributed by atoms with Crippen LogP contribution in [0.2, 0.25) is 10.0 Å². The van der Waals surface area contributed by atoms with Crippen molar-refractivity contribution >= 4 is 29.0 Å². The molecule has 0 amide bonds. The molecular formula is C21H20Cl2N2. The van der Waals surface area contributed by atoms with Crippen LogP contribution in [0.3, 0.4) is 0 Å². The Labute approximate surface area is 159 Å². The molecule has 0 spiro atoms. The molecule has 0 radical (unpaired) electrons. The minimum atomic E-state index is 0.0330. The summed E-state index contributed by atoms with van der Waals surface area (Å²) in [6.45, 7) is 6.31. The first-order valence-electron chi connectivity index (χ1n) is 8.27. The number of benzene rings is 1. The number of nitrogens with zero attached hydrogens (tertiary/aromatic N) is 2. The van der Waals surface area contributed by atoms with Crippen molar-refractivity contribution in [2.45, 2.75) is 20.3 Å². The molecule has 0 aliphatic carbocycles. The van der Waals surface area contributed by atoms with Crippen LogP contribution in [-0.2, 0) is 0 Å². The lowest BCUT2D eigenvalue weighted by atomic mass is 9.78. The number of anilines is 1. The molecule has 0 saturated carbocycles. The summed E-state index contributed by atoms with van der Waals surface area (Å²) in [6, 6.07) is 11.3. The molecule has 1 aliphatic rings. The molecule has 1 aromatic heterocycles. The van der Waals surface area contributed by atoms with E-state index in [4.69, 9.17) is 23.2 Å². The van der Waals surface area contributed by atoms with Gasteiger partial charge < -0.3 is 4.90 Å². The van der Waals surface area contributed by atoms with E-state index in [1.165, 1.54) is 5.57 Å². The van der Waals surface area contributed by atoms with Gasteiger partial charge in [0.25, 0.3) is 0 Å². The van der Waals surface area contributed by atoms with Crippen molar-refractivity contribution in [3.8, 4) is 11.8 Å². The van der Waals surface area contributed by atoms with Crippen molar-refractivity contribution in [1.29, 1.82) is 0 Å². The van der Waals surface area contributed by atoms with Crippen LogP contribution >= 0.6 is 23.2 Å². The monoisotopic (exact) mass is 370 g/mol. The Bertz CT molecular complexity index is 859. The third-order valence-electron chi connectivity index (χ3n) is 4.43. The van der Waals surface area contributed by atoms with Crippen molar-refractivity contribution in [2.75, 3.05) is 18.0 Å². The third kappa shape index (κ3) is 4.57. The van der Waals surface area contributed by atoms with E-state index >= 15 is 0 Å². The standard InChI is InChI=1S/C21H20Cl2N2/c1-21(2)15-25(20-14-19(23)9-11-24-20)12-10-17(21)7-3-5-16-6-4-8-18(22)13-16/h4,6-9,11,13-14H,10,12,15H2,1-2H3/b17-7+. The predicted molar refractivity (Wildman–Crippen MR) is 106 cm³/mol. The largest absolute Gasteiger partial charge is 0.355 e. The van der Waals surface area contributed by atoms with Crippen molar-refractivity contribution < 1.29 is 0 Å². The van der Waals surface area contributed by atoms with Gasteiger partial charge in [0.1, 0.15) is 5.82 Å². The first-order chi connectivity index (χ1) is 11.9. The summed E-state index contributed by atoms with van der Waals surface area (Å²) < 4.78 is 0. The van der Waals surface area contributed by atoms with Crippen LogP contribution in [0.4, 0.5) is 5.82 Å². The summed E-state index contributed by atoms with van der Waals surface area (Å²) in [7, 11) is 0. The lowest BCUT2D eigenvalue weighted by Crippen LogP contribution is -2.42. The smallest absolute Gasteiger partial charge is 0.129 e. The average Bonchev–Trinajstić information content (AvgIpc) is 2.56. The second-order valence-electron chi connectivity index (χ2n) is 6.84. The van der Waals surface area contributed by atoms with E-state index in [1.807, 2.05) is 30.3 Å². The predicted octanol–water partition coefficient (Wildman–Crippen LogP) is 5.60. The highest BCUT2D eigenvalue weighted by atomic mass is 35.5. The molecule has 2 heterocycles. The molecule has 128 valence electrons. The Hall–Kier alpha value is -1.95. The van der Waals surface area contributed by atoms with Gasteiger partial charge in [-0.3, -0.25) is 0 Å². The number of allylic oxidation sites excluding steroid dienone is 1. The Morgan fingerprint density at radius 2 is 1.96 bits per heavy atom. The molecule has 1 aromatic carbocycles. The normalized spacial score (nSPS) is 17.9. The molecule has 1 saturated heterocycles. The molecule has 0 atom stereocenters. The number of rotatable bonds is 1. The molecular weight excluding hydrogens is 351 g/mol. The zero-order valence-electron chi connectivity index (χ0n) is 14.4. The molecule has 1 aliphatic heterocycles. The van der Waals surface area contributed by atoms with Crippen molar-refractivity contribution in [1.82, 2.24) is 4.98 Å². The van der Waals surface area contributed by atoms with E-state index in [1.54, 1.807) is 12.3 Å². The van der Waals surface area contributed by atoms with Gasteiger partial charge in [-0.05, 0) is 42.8 Å². The van der Waals surface area contributed by atoms with Gasteiger partial charge in [-0.25, -0.2) is 4.98 Å². The molecule has 0 bridgehead atoms. The number of hydrogen-bond donors (Lipinski definition) is 0. The highest BCUT2D eigenvalue weighted by Crippen LogP contribution is 2.36. The number of halogens is 2. The van der Waals surface area contributed by atoms with Crippen molar-refractivity contribution in [2.24, 2.45) is 5.41 Å². The topological polar surface area (TPSA) is 16.1 Å². The lowest BCUT2D eigenvalue weighted by molar-refractivity contribution is 0.390. The number of hydrogen-bond acceptors (Lipinski definition) is 2. The van der Waals surface area contributed by atoms with Crippen LogP contribution < -0.4 is 4.90 Å². The summed E-state index contributed by atoms with van der Waals surface area (Å²) in [5.41, 5.74) is 2.33. The van der Waals surface area contributed by atoms with Crippen LogP contribution in [-0.4, -0.2) is 18.1 Å². The minimum absolute atomic E-state index is 0.0330. The number of pyridine rings is 1.